The second-order valence-electron chi connectivity index (χ2n) is 8.86. The van der Waals surface area contributed by atoms with Gasteiger partial charge in [-0.05, 0) is 24.3 Å². The molecule has 0 aliphatic rings. The van der Waals surface area contributed by atoms with E-state index in [0.29, 0.717) is 22.4 Å². The Hall–Kier alpha value is -3.87. The molecule has 0 bridgehead atoms. The molecule has 0 aliphatic carbocycles. The van der Waals surface area contributed by atoms with Crippen LogP contribution in [0.15, 0.2) is 38.9 Å². The van der Waals surface area contributed by atoms with Gasteiger partial charge in [0.2, 0.25) is 11.9 Å². The minimum atomic E-state index is -0.486. The third kappa shape index (κ3) is 4.99. The van der Waals surface area contributed by atoms with Crippen LogP contribution in [0.2, 0.25) is 0 Å². The molecule has 0 aliphatic heterocycles. The van der Waals surface area contributed by atoms with Gasteiger partial charge >= 0.3 is 5.69 Å². The molecule has 0 saturated heterocycles. The van der Waals surface area contributed by atoms with Crippen LogP contribution in [-0.2, 0) is 25.3 Å². The van der Waals surface area contributed by atoms with Crippen molar-refractivity contribution in [2.45, 2.75) is 37.0 Å². The van der Waals surface area contributed by atoms with E-state index in [2.05, 4.69) is 30.2 Å². The number of aryl methyl sites for hydroxylation is 1. The van der Waals surface area contributed by atoms with E-state index < -0.39 is 16.7 Å². The third-order valence-electron chi connectivity index (χ3n) is 5.07. The molecular formula is C22H24FN9O2S. The van der Waals surface area contributed by atoms with Gasteiger partial charge in [0, 0.05) is 25.2 Å². The maximum atomic E-state index is 13.2. The van der Waals surface area contributed by atoms with Crippen LogP contribution >= 0.6 is 11.8 Å². The molecular weight excluding hydrogens is 473 g/mol. The Morgan fingerprint density at radius 1 is 1.00 bits per heavy atom. The number of halogens is 1. The maximum absolute atomic E-state index is 13.2. The van der Waals surface area contributed by atoms with E-state index in [1.165, 1.54) is 35.5 Å². The molecule has 0 atom stereocenters. The Bertz CT molecular complexity index is 1540. The van der Waals surface area contributed by atoms with Gasteiger partial charge < -0.3 is 11.1 Å². The van der Waals surface area contributed by atoms with Gasteiger partial charge in [-0.2, -0.15) is 15.0 Å². The predicted octanol–water partition coefficient (Wildman–Crippen LogP) is 2.27. The molecule has 0 amide bonds. The fourth-order valence-electron chi connectivity index (χ4n) is 3.22. The molecule has 0 unspecified atom stereocenters. The van der Waals surface area contributed by atoms with Crippen LogP contribution in [0.1, 0.15) is 32.4 Å². The molecule has 0 spiro atoms. The van der Waals surface area contributed by atoms with E-state index in [4.69, 9.17) is 5.73 Å². The summed E-state index contributed by atoms with van der Waals surface area (Å²) in [6.07, 6.45) is 0. The molecule has 11 nitrogen and oxygen atoms in total. The first kappa shape index (κ1) is 24.3. The van der Waals surface area contributed by atoms with Crippen molar-refractivity contribution >= 4 is 40.4 Å². The van der Waals surface area contributed by atoms with Crippen molar-refractivity contribution in [2.75, 3.05) is 11.1 Å². The predicted molar refractivity (Wildman–Crippen MR) is 132 cm³/mol. The minimum Gasteiger partial charge on any atom is -0.368 e. The summed E-state index contributed by atoms with van der Waals surface area (Å²) in [5.74, 6) is 0.884. The highest BCUT2D eigenvalue weighted by Crippen LogP contribution is 2.29. The van der Waals surface area contributed by atoms with Gasteiger partial charge in [0.05, 0.1) is 5.75 Å². The lowest BCUT2D eigenvalue weighted by Crippen LogP contribution is -2.38. The fraction of sp³-hybridized carbons (Fsp3) is 0.318. The van der Waals surface area contributed by atoms with Gasteiger partial charge in [-0.15, -0.1) is 0 Å². The summed E-state index contributed by atoms with van der Waals surface area (Å²) in [7, 11) is 2.98. The highest BCUT2D eigenvalue weighted by atomic mass is 32.2. The summed E-state index contributed by atoms with van der Waals surface area (Å²) in [6.45, 7) is 5.84. The van der Waals surface area contributed by atoms with E-state index in [1.807, 2.05) is 20.8 Å². The lowest BCUT2D eigenvalue weighted by atomic mass is 9.96. The zero-order valence-corrected chi connectivity index (χ0v) is 20.6. The van der Waals surface area contributed by atoms with Crippen molar-refractivity contribution < 1.29 is 4.39 Å². The standard InChI is InChI=1S/C22H24FN9O2S/c1-22(2,3)18-28-15-14(17(33)32(5)21(34)31(15)4)16(29-18)35-10-13-26-19(24)30-20(27-13)25-12-8-6-11(23)7-9-12/h6-9H,10H2,1-5H3,(H3,24,25,26,27,30). The monoisotopic (exact) mass is 497 g/mol. The Kier molecular flexibility index (Phi) is 6.28. The van der Waals surface area contributed by atoms with E-state index >= 15 is 0 Å². The first-order valence-corrected chi connectivity index (χ1v) is 11.6. The number of anilines is 3. The van der Waals surface area contributed by atoms with Crippen molar-refractivity contribution in [2.24, 2.45) is 14.1 Å². The number of nitrogens with one attached hydrogen (secondary N) is 1. The molecule has 1 aromatic carbocycles. The molecule has 3 N–H and O–H groups in total. The van der Waals surface area contributed by atoms with Crippen LogP contribution in [-0.4, -0.2) is 34.1 Å². The lowest BCUT2D eigenvalue weighted by Gasteiger charge is -2.19. The molecule has 13 heteroatoms. The molecule has 4 aromatic rings. The number of aromatic nitrogens is 7. The molecule has 4 rings (SSSR count). The normalized spacial score (nSPS) is 11.7. The van der Waals surface area contributed by atoms with Gasteiger partial charge in [0.15, 0.2) is 5.65 Å². The van der Waals surface area contributed by atoms with Gasteiger partial charge in [-0.3, -0.25) is 13.9 Å². The maximum Gasteiger partial charge on any atom is 0.332 e. The van der Waals surface area contributed by atoms with E-state index in [9.17, 15) is 14.0 Å². The SMILES string of the molecule is Cn1c(=O)c2c(SCc3nc(N)nc(Nc4ccc(F)cc4)n3)nc(C(C)(C)C)nc2n(C)c1=O. The number of fused-ring (bicyclic) bond motifs is 1. The van der Waals surface area contributed by atoms with Crippen molar-refractivity contribution in [1.29, 1.82) is 0 Å². The summed E-state index contributed by atoms with van der Waals surface area (Å²) < 4.78 is 15.5. The highest BCUT2D eigenvalue weighted by Gasteiger charge is 2.24. The van der Waals surface area contributed by atoms with E-state index in [-0.39, 0.29) is 34.5 Å². The largest absolute Gasteiger partial charge is 0.368 e. The average molecular weight is 498 g/mol. The molecule has 3 aromatic heterocycles. The van der Waals surface area contributed by atoms with Crippen LogP contribution in [0.4, 0.5) is 22.0 Å². The van der Waals surface area contributed by atoms with Crippen LogP contribution in [0, 0.1) is 5.82 Å². The fourth-order valence-corrected chi connectivity index (χ4v) is 4.09. The van der Waals surface area contributed by atoms with Crippen molar-refractivity contribution in [3.05, 3.63) is 62.6 Å². The van der Waals surface area contributed by atoms with Crippen molar-refractivity contribution in [3.8, 4) is 0 Å². The number of rotatable bonds is 5. The quantitative estimate of drug-likeness (QED) is 0.311. The van der Waals surface area contributed by atoms with Crippen molar-refractivity contribution in [3.63, 3.8) is 0 Å². The number of benzene rings is 1. The minimum absolute atomic E-state index is 0.00134. The first-order valence-electron chi connectivity index (χ1n) is 10.6. The topological polar surface area (TPSA) is 146 Å². The number of hydrogen-bond acceptors (Lipinski definition) is 10. The average Bonchev–Trinajstić information content (AvgIpc) is 2.80. The van der Waals surface area contributed by atoms with Gasteiger partial charge in [0.1, 0.15) is 27.9 Å². The lowest BCUT2D eigenvalue weighted by molar-refractivity contribution is 0.539. The van der Waals surface area contributed by atoms with Crippen LogP contribution in [0.3, 0.4) is 0 Å². The zero-order valence-electron chi connectivity index (χ0n) is 19.8. The Labute approximate surface area is 203 Å². The van der Waals surface area contributed by atoms with Gasteiger partial charge in [-0.1, -0.05) is 32.5 Å². The molecule has 0 radical (unpaired) electrons. The summed E-state index contributed by atoms with van der Waals surface area (Å²) in [6, 6.07) is 5.71. The zero-order chi connectivity index (χ0) is 25.5. The van der Waals surface area contributed by atoms with E-state index in [0.717, 1.165) is 4.57 Å². The number of nitrogen functional groups attached to an aromatic ring is 1. The van der Waals surface area contributed by atoms with Crippen LogP contribution in [0.5, 0.6) is 0 Å². The summed E-state index contributed by atoms with van der Waals surface area (Å²) in [4.78, 5) is 47.3. The number of thioether (sulfide) groups is 1. The number of hydrogen-bond donors (Lipinski definition) is 2. The number of nitrogens with two attached hydrogens (primary N) is 1. The smallest absolute Gasteiger partial charge is 0.332 e. The molecule has 35 heavy (non-hydrogen) atoms. The van der Waals surface area contributed by atoms with Gasteiger partial charge in [0.25, 0.3) is 5.56 Å². The van der Waals surface area contributed by atoms with Crippen molar-refractivity contribution in [1.82, 2.24) is 34.1 Å². The second-order valence-corrected chi connectivity index (χ2v) is 9.82. The van der Waals surface area contributed by atoms with E-state index in [1.54, 1.807) is 19.2 Å². The first-order chi connectivity index (χ1) is 16.4. The molecule has 3 heterocycles. The molecule has 0 fully saturated rings. The Morgan fingerprint density at radius 2 is 1.69 bits per heavy atom. The second kappa shape index (κ2) is 9.06. The van der Waals surface area contributed by atoms with Crippen LogP contribution in [0.25, 0.3) is 11.0 Å². The number of nitrogens with zero attached hydrogens (tertiary/aromatic N) is 7. The highest BCUT2D eigenvalue weighted by molar-refractivity contribution is 7.98. The van der Waals surface area contributed by atoms with Crippen LogP contribution < -0.4 is 22.3 Å². The summed E-state index contributed by atoms with van der Waals surface area (Å²) >= 11 is 1.23. The summed E-state index contributed by atoms with van der Waals surface area (Å²) in [5, 5.41) is 3.61. The third-order valence-corrected chi connectivity index (χ3v) is 6.05. The van der Waals surface area contributed by atoms with Gasteiger partial charge in [-0.25, -0.2) is 19.2 Å². The Balaban J connectivity index is 1.73. The molecule has 0 saturated carbocycles. The molecule has 182 valence electrons. The Morgan fingerprint density at radius 3 is 2.34 bits per heavy atom. The summed E-state index contributed by atoms with van der Waals surface area (Å²) in [5.41, 5.74) is 5.32.